The number of rotatable bonds is 4. The lowest BCUT2D eigenvalue weighted by Gasteiger charge is -2.00. The third kappa shape index (κ3) is 3.53. The summed E-state index contributed by atoms with van der Waals surface area (Å²) in [4.78, 5) is 10.6. The third-order valence-corrected chi connectivity index (χ3v) is 5.75. The first kappa shape index (κ1) is 13.1. The van der Waals surface area contributed by atoms with E-state index in [1.54, 1.807) is 0 Å². The van der Waals surface area contributed by atoms with Gasteiger partial charge < -0.3 is 0 Å². The van der Waals surface area contributed by atoms with Crippen LogP contribution in [0.5, 0.6) is 0 Å². The summed E-state index contributed by atoms with van der Waals surface area (Å²) in [6.07, 6.45) is 0. The Labute approximate surface area is 105 Å². The number of carbonyl (C=O) groups excluding carboxylic acids is 1. The van der Waals surface area contributed by atoms with E-state index >= 15 is 0 Å². The molecule has 0 atom stereocenters. The fourth-order valence-electron chi connectivity index (χ4n) is 0.727. The fraction of sp³-hybridized carbons (Fsp3) is 0.286. The van der Waals surface area contributed by atoms with E-state index in [0.717, 1.165) is 11.3 Å². The minimum Gasteiger partial charge on any atom is -0.299 e. The first-order chi connectivity index (χ1) is 6.83. The van der Waals surface area contributed by atoms with Crippen molar-refractivity contribution in [3.05, 3.63) is 14.9 Å². The summed E-state index contributed by atoms with van der Waals surface area (Å²) in [6, 6.07) is 1.33. The fourth-order valence-corrected chi connectivity index (χ4v) is 4.22. The molecule has 0 aromatic carbocycles. The smallest absolute Gasteiger partial charge is 0.250 e. The van der Waals surface area contributed by atoms with E-state index in [2.05, 4.69) is 20.7 Å². The van der Waals surface area contributed by atoms with Crippen LogP contribution in [0.25, 0.3) is 0 Å². The van der Waals surface area contributed by atoms with Gasteiger partial charge in [-0.15, -0.1) is 11.3 Å². The van der Waals surface area contributed by atoms with Crippen LogP contribution < -0.4 is 4.72 Å². The molecule has 0 saturated heterocycles. The van der Waals surface area contributed by atoms with Crippen LogP contribution in [-0.4, -0.2) is 20.7 Å². The van der Waals surface area contributed by atoms with Gasteiger partial charge in [-0.1, -0.05) is 11.6 Å². The minimum absolute atomic E-state index is 0.0839. The second-order valence-electron chi connectivity index (χ2n) is 2.71. The molecule has 15 heavy (non-hydrogen) atoms. The number of hydrogen-bond donors (Lipinski definition) is 1. The number of ketones is 1. The van der Waals surface area contributed by atoms with Gasteiger partial charge in [0.05, 0.1) is 15.4 Å². The van der Waals surface area contributed by atoms with Crippen molar-refractivity contribution in [2.75, 3.05) is 6.54 Å². The molecule has 0 amide bonds. The summed E-state index contributed by atoms with van der Waals surface area (Å²) in [5.41, 5.74) is 0. The lowest BCUT2D eigenvalue weighted by Crippen LogP contribution is -2.27. The molecule has 0 fully saturated rings. The van der Waals surface area contributed by atoms with E-state index in [4.69, 9.17) is 11.6 Å². The SMILES string of the molecule is CC(=O)CNS(=O)(=O)c1cc(Cl)c(Br)s1. The van der Waals surface area contributed by atoms with Gasteiger partial charge in [0.15, 0.2) is 0 Å². The Hall–Kier alpha value is 0.0500. The maximum atomic E-state index is 11.6. The summed E-state index contributed by atoms with van der Waals surface area (Å²) in [6.45, 7) is 1.09. The number of halogens is 2. The molecule has 0 spiro atoms. The minimum atomic E-state index is -3.62. The Balaban J connectivity index is 2.91. The van der Waals surface area contributed by atoms with Crippen LogP contribution in [0.1, 0.15) is 6.92 Å². The number of carbonyl (C=O) groups is 1. The van der Waals surface area contributed by atoms with E-state index < -0.39 is 10.0 Å². The van der Waals surface area contributed by atoms with Crippen LogP contribution in [0, 0.1) is 0 Å². The molecule has 0 aliphatic heterocycles. The number of thiophene rings is 1. The van der Waals surface area contributed by atoms with Gasteiger partial charge in [0.25, 0.3) is 10.0 Å². The van der Waals surface area contributed by atoms with Gasteiger partial charge in [-0.05, 0) is 28.9 Å². The van der Waals surface area contributed by atoms with Crippen molar-refractivity contribution >= 4 is 54.7 Å². The second-order valence-corrected chi connectivity index (χ2v) is 7.48. The average molecular weight is 333 g/mol. The summed E-state index contributed by atoms with van der Waals surface area (Å²) < 4.78 is 25.9. The molecule has 0 saturated carbocycles. The summed E-state index contributed by atoms with van der Waals surface area (Å²) in [5.74, 6) is -0.250. The Morgan fingerprint density at radius 1 is 1.67 bits per heavy atom. The molecule has 84 valence electrons. The van der Waals surface area contributed by atoms with E-state index in [9.17, 15) is 13.2 Å². The number of sulfonamides is 1. The molecule has 0 aliphatic carbocycles. The molecule has 4 nitrogen and oxygen atoms in total. The molecular weight excluding hydrogens is 326 g/mol. The van der Waals surface area contributed by atoms with Crippen molar-refractivity contribution in [1.82, 2.24) is 4.72 Å². The second kappa shape index (κ2) is 4.92. The zero-order valence-corrected chi connectivity index (χ0v) is 11.6. The first-order valence-corrected chi connectivity index (χ1v) is 7.24. The Kier molecular flexibility index (Phi) is 4.30. The van der Waals surface area contributed by atoms with E-state index in [-0.39, 0.29) is 16.5 Å². The molecule has 1 aromatic rings. The van der Waals surface area contributed by atoms with Crippen LogP contribution in [0.2, 0.25) is 5.02 Å². The number of nitrogens with one attached hydrogen (secondary N) is 1. The van der Waals surface area contributed by atoms with Crippen molar-refractivity contribution in [2.45, 2.75) is 11.1 Å². The topological polar surface area (TPSA) is 63.2 Å². The molecule has 0 radical (unpaired) electrons. The predicted octanol–water partition coefficient (Wildman–Crippen LogP) is 2.03. The normalized spacial score (nSPS) is 11.7. The molecule has 1 rings (SSSR count). The first-order valence-electron chi connectivity index (χ1n) is 3.77. The summed E-state index contributed by atoms with van der Waals surface area (Å²) in [5, 5.41) is 0.336. The van der Waals surface area contributed by atoms with E-state index in [0.29, 0.717) is 8.81 Å². The quantitative estimate of drug-likeness (QED) is 0.917. The highest BCUT2D eigenvalue weighted by Gasteiger charge is 2.18. The standard InChI is InChI=1S/C7H7BrClNO3S2/c1-4(11)3-10-15(12,13)6-2-5(9)7(8)14-6/h2,10H,3H2,1H3. The zero-order valence-electron chi connectivity index (χ0n) is 7.58. The van der Waals surface area contributed by atoms with Crippen LogP contribution in [-0.2, 0) is 14.8 Å². The van der Waals surface area contributed by atoms with Gasteiger partial charge in [-0.25, -0.2) is 13.1 Å². The zero-order chi connectivity index (χ0) is 11.6. The molecule has 1 aromatic heterocycles. The van der Waals surface area contributed by atoms with Crippen LogP contribution in [0.4, 0.5) is 0 Å². The van der Waals surface area contributed by atoms with E-state index in [1.807, 2.05) is 0 Å². The average Bonchev–Trinajstić information content (AvgIpc) is 2.45. The monoisotopic (exact) mass is 331 g/mol. The van der Waals surface area contributed by atoms with Gasteiger partial charge in [-0.3, -0.25) is 4.79 Å². The molecule has 0 unspecified atom stereocenters. The number of Topliss-reactive ketones (excluding diaryl/α,β-unsaturated/α-hetero) is 1. The molecule has 1 heterocycles. The third-order valence-electron chi connectivity index (χ3n) is 1.40. The molecule has 8 heteroatoms. The maximum absolute atomic E-state index is 11.6. The molecule has 1 N–H and O–H groups in total. The lowest BCUT2D eigenvalue weighted by atomic mass is 10.5. The maximum Gasteiger partial charge on any atom is 0.250 e. The van der Waals surface area contributed by atoms with Crippen molar-refractivity contribution in [1.29, 1.82) is 0 Å². The van der Waals surface area contributed by atoms with E-state index in [1.165, 1.54) is 13.0 Å². The Morgan fingerprint density at radius 3 is 2.67 bits per heavy atom. The van der Waals surface area contributed by atoms with Crippen LogP contribution in [0.3, 0.4) is 0 Å². The lowest BCUT2D eigenvalue weighted by molar-refractivity contribution is -0.115. The Bertz CT molecular complexity index is 463. The Morgan fingerprint density at radius 2 is 2.27 bits per heavy atom. The van der Waals surface area contributed by atoms with Gasteiger partial charge in [-0.2, -0.15) is 0 Å². The highest BCUT2D eigenvalue weighted by Crippen LogP contribution is 2.34. The predicted molar refractivity (Wildman–Crippen MR) is 62.9 cm³/mol. The summed E-state index contributed by atoms with van der Waals surface area (Å²) in [7, 11) is -3.62. The highest BCUT2D eigenvalue weighted by atomic mass is 79.9. The van der Waals surface area contributed by atoms with Gasteiger partial charge in [0.1, 0.15) is 9.99 Å². The molecular formula is C7H7BrClNO3S2. The number of hydrogen-bond acceptors (Lipinski definition) is 4. The van der Waals surface area contributed by atoms with Crippen LogP contribution in [0.15, 0.2) is 14.1 Å². The van der Waals surface area contributed by atoms with Crippen molar-refractivity contribution < 1.29 is 13.2 Å². The largest absolute Gasteiger partial charge is 0.299 e. The highest BCUT2D eigenvalue weighted by molar-refractivity contribution is 9.11. The molecule has 0 bridgehead atoms. The van der Waals surface area contributed by atoms with Gasteiger partial charge in [0, 0.05) is 0 Å². The van der Waals surface area contributed by atoms with Gasteiger partial charge in [0.2, 0.25) is 0 Å². The van der Waals surface area contributed by atoms with Gasteiger partial charge >= 0.3 is 0 Å². The van der Waals surface area contributed by atoms with Crippen molar-refractivity contribution in [2.24, 2.45) is 0 Å². The van der Waals surface area contributed by atoms with Crippen molar-refractivity contribution in [3.63, 3.8) is 0 Å². The van der Waals surface area contributed by atoms with Crippen LogP contribution >= 0.6 is 38.9 Å². The van der Waals surface area contributed by atoms with Crippen molar-refractivity contribution in [3.8, 4) is 0 Å². The summed E-state index contributed by atoms with van der Waals surface area (Å²) >= 11 is 9.81. The molecule has 0 aliphatic rings.